The summed E-state index contributed by atoms with van der Waals surface area (Å²) in [6.45, 7) is 7.38. The Morgan fingerprint density at radius 1 is 1.00 bits per heavy atom. The van der Waals surface area contributed by atoms with Crippen molar-refractivity contribution in [2.24, 2.45) is 7.05 Å². The highest BCUT2D eigenvalue weighted by atomic mass is 19.1. The molecule has 6 aromatic rings. The van der Waals surface area contributed by atoms with Crippen LogP contribution < -0.4 is 30.7 Å². The fourth-order valence-corrected chi connectivity index (χ4v) is 12.6. The number of imide groups is 1. The summed E-state index contributed by atoms with van der Waals surface area (Å²) >= 11 is 0. The lowest BCUT2D eigenvalue weighted by Gasteiger charge is -2.42. The molecule has 2 bridgehead atoms. The highest BCUT2D eigenvalue weighted by Crippen LogP contribution is 2.44. The summed E-state index contributed by atoms with van der Waals surface area (Å²) in [5, 5.41) is 6.25. The molecule has 5 aliphatic rings. The zero-order chi connectivity index (χ0) is 55.5. The summed E-state index contributed by atoms with van der Waals surface area (Å²) < 4.78 is 65.3. The van der Waals surface area contributed by atoms with E-state index in [2.05, 4.69) is 26.4 Å². The minimum absolute atomic E-state index is 0.0681. The number of fused-ring (bicyclic) bond motifs is 6. The van der Waals surface area contributed by atoms with E-state index >= 15 is 8.78 Å². The van der Waals surface area contributed by atoms with Gasteiger partial charge in [0.1, 0.15) is 53.5 Å². The first kappa shape index (κ1) is 53.1. The van der Waals surface area contributed by atoms with Gasteiger partial charge in [0.15, 0.2) is 12.6 Å². The van der Waals surface area contributed by atoms with E-state index in [0.717, 1.165) is 50.6 Å². The first-order valence-corrected chi connectivity index (χ1v) is 26.8. The number of hydrogen-bond donors (Lipinski definition) is 2. The number of anilines is 1. The van der Waals surface area contributed by atoms with E-state index in [4.69, 9.17) is 40.1 Å². The number of aryl methyl sites for hydroxylation is 1. The van der Waals surface area contributed by atoms with Gasteiger partial charge < -0.3 is 33.9 Å². The maximum Gasteiger partial charge on any atom is 0.410 e. The highest BCUT2D eigenvalue weighted by molar-refractivity contribution is 6.03. The minimum atomic E-state index is -0.817. The average molecular weight is 1090 g/mol. The van der Waals surface area contributed by atoms with Crippen molar-refractivity contribution in [2.75, 3.05) is 58.2 Å². The first-order chi connectivity index (χ1) is 37.9. The third kappa shape index (κ3) is 9.91. The van der Waals surface area contributed by atoms with Gasteiger partial charge >= 0.3 is 23.9 Å². The predicted octanol–water partition coefficient (Wildman–Crippen LogP) is 6.65. The number of ether oxygens (including phenoxy) is 5. The number of imidazole rings is 1. The molecule has 79 heavy (non-hydrogen) atoms. The Kier molecular flexibility index (Phi) is 14.2. The number of aromatic nitrogens is 5. The molecule has 0 aliphatic carbocycles. The summed E-state index contributed by atoms with van der Waals surface area (Å²) in [6.07, 6.45) is 11.7. The quantitative estimate of drug-likeness (QED) is 0.0664. The molecule has 3 aromatic carbocycles. The van der Waals surface area contributed by atoms with Crippen LogP contribution in [0.15, 0.2) is 53.5 Å². The molecule has 3 unspecified atom stereocenters. The average Bonchev–Trinajstić information content (AvgIpc) is 4.31. The van der Waals surface area contributed by atoms with Gasteiger partial charge in [-0.3, -0.25) is 38.8 Å². The molecule has 20 nitrogen and oxygen atoms in total. The molecule has 414 valence electrons. The van der Waals surface area contributed by atoms with E-state index < -0.39 is 40.8 Å². The van der Waals surface area contributed by atoms with E-state index in [1.165, 1.54) is 34.6 Å². The molecular weight excluding hydrogens is 1020 g/mol. The number of piperazine rings is 1. The van der Waals surface area contributed by atoms with Crippen LogP contribution in [0.2, 0.25) is 0 Å². The number of piperidine rings is 1. The number of rotatable bonds is 14. The normalized spacial score (nSPS) is 22.1. The fraction of sp³-hybridized carbons (Fsp3) is 0.474. The van der Waals surface area contributed by atoms with E-state index in [1.54, 1.807) is 31.3 Å². The number of nitrogens with zero attached hydrogens (tertiary/aromatic N) is 8. The predicted molar refractivity (Wildman–Crippen MR) is 287 cm³/mol. The number of hydrogen-bond acceptors (Lipinski definition) is 15. The van der Waals surface area contributed by atoms with Gasteiger partial charge in [0, 0.05) is 63.4 Å². The van der Waals surface area contributed by atoms with Gasteiger partial charge in [-0.15, -0.1) is 6.42 Å². The van der Waals surface area contributed by atoms with Crippen LogP contribution in [-0.4, -0.2) is 140 Å². The Labute approximate surface area is 453 Å². The fourth-order valence-electron chi connectivity index (χ4n) is 12.6. The number of carbonyl (C=O) groups is 4. The molecule has 3 aromatic heterocycles. The third-order valence-electron chi connectivity index (χ3n) is 16.1. The Morgan fingerprint density at radius 2 is 1.80 bits per heavy atom. The second kappa shape index (κ2) is 21.0. The van der Waals surface area contributed by atoms with Crippen molar-refractivity contribution in [1.29, 1.82) is 0 Å². The number of carbonyl (C=O) groups excluding carboxylic acids is 4. The van der Waals surface area contributed by atoms with Crippen LogP contribution in [-0.2, 0) is 37.3 Å². The topological polar surface area (TPSA) is 214 Å². The molecule has 22 heteroatoms. The molecule has 0 saturated carbocycles. The second-order valence-corrected chi connectivity index (χ2v) is 22.1. The highest BCUT2D eigenvalue weighted by Gasteiger charge is 2.51. The smallest absolute Gasteiger partial charge is 0.410 e. The van der Waals surface area contributed by atoms with Crippen molar-refractivity contribution >= 4 is 62.5 Å². The van der Waals surface area contributed by atoms with Gasteiger partial charge in [-0.1, -0.05) is 24.1 Å². The first-order valence-electron chi connectivity index (χ1n) is 26.8. The van der Waals surface area contributed by atoms with Crippen LogP contribution >= 0.6 is 0 Å². The molecule has 11 rings (SSSR count). The Bertz CT molecular complexity index is 3540. The van der Waals surface area contributed by atoms with Crippen molar-refractivity contribution < 1.29 is 51.6 Å². The number of amides is 4. The summed E-state index contributed by atoms with van der Waals surface area (Å²) in [7, 11) is 3.11. The second-order valence-electron chi connectivity index (χ2n) is 22.1. The van der Waals surface area contributed by atoms with E-state index in [0.29, 0.717) is 52.9 Å². The number of nitrogens with one attached hydrogen (secondary N) is 2. The lowest BCUT2D eigenvalue weighted by molar-refractivity contribution is -0.135. The maximum absolute atomic E-state index is 17.7. The van der Waals surface area contributed by atoms with Crippen LogP contribution in [0, 0.1) is 24.0 Å². The Hall–Kier alpha value is -7.90. The summed E-state index contributed by atoms with van der Waals surface area (Å²) in [6, 6.07) is 10.0. The zero-order valence-corrected chi connectivity index (χ0v) is 44.7. The number of alkyl carbamates (subject to hydrolysis) is 1. The van der Waals surface area contributed by atoms with Crippen LogP contribution in [0.25, 0.3) is 44.0 Å². The van der Waals surface area contributed by atoms with E-state index in [1.807, 2.05) is 36.6 Å². The number of terminal acetylenes is 1. The Balaban J connectivity index is 0.829. The largest absolute Gasteiger partial charge is 0.468 e. The van der Waals surface area contributed by atoms with Crippen LogP contribution in [0.5, 0.6) is 11.8 Å². The summed E-state index contributed by atoms with van der Waals surface area (Å²) in [4.78, 5) is 85.3. The van der Waals surface area contributed by atoms with Crippen LogP contribution in [0.4, 0.5) is 24.2 Å². The maximum atomic E-state index is 17.7. The van der Waals surface area contributed by atoms with Crippen LogP contribution in [0.3, 0.4) is 0 Å². The molecule has 5 saturated heterocycles. The Morgan fingerprint density at radius 3 is 2.54 bits per heavy atom. The molecular formula is C57H62F2N10O10. The molecule has 2 N–H and O–H groups in total. The number of halogens is 2. The van der Waals surface area contributed by atoms with Crippen molar-refractivity contribution in [2.45, 2.75) is 114 Å². The molecule has 4 amide bonds. The number of pyridine rings is 1. The monoisotopic (exact) mass is 1080 g/mol. The summed E-state index contributed by atoms with van der Waals surface area (Å²) in [5.41, 5.74) is 0.342. The zero-order valence-electron chi connectivity index (χ0n) is 44.7. The van der Waals surface area contributed by atoms with E-state index in [-0.39, 0.29) is 109 Å². The van der Waals surface area contributed by atoms with Crippen LogP contribution in [0.1, 0.15) is 89.3 Å². The van der Waals surface area contributed by atoms with Gasteiger partial charge in [-0.2, -0.15) is 9.97 Å². The molecule has 8 heterocycles. The van der Waals surface area contributed by atoms with Crippen molar-refractivity contribution in [3.63, 3.8) is 0 Å². The summed E-state index contributed by atoms with van der Waals surface area (Å²) in [5.74, 6) is 0.774. The number of methoxy groups -OCH3 is 1. The van der Waals surface area contributed by atoms with Gasteiger partial charge in [0.2, 0.25) is 11.8 Å². The van der Waals surface area contributed by atoms with Gasteiger partial charge in [-0.25, -0.2) is 23.2 Å². The van der Waals surface area contributed by atoms with Gasteiger partial charge in [0.25, 0.3) is 0 Å². The molecule has 0 radical (unpaired) electrons. The molecule has 5 aliphatic heterocycles. The minimum Gasteiger partial charge on any atom is -0.468 e. The van der Waals surface area contributed by atoms with Crippen molar-refractivity contribution in [3.8, 4) is 35.4 Å². The lowest BCUT2D eigenvalue weighted by Crippen LogP contribution is -2.57. The third-order valence-corrected chi connectivity index (χ3v) is 16.1. The number of benzene rings is 3. The standard InChI is InChI=1S/C57H62F2N10O10/c1-7-38-41(58)15-12-33-24-37(78-31-75-6)25-39(45(33)38)47-46(59)48-40(26-61-47)50(66-27-34-13-14-35(28-66)68(34)55(74)79-56(2,3)4)64-52(63-48)77-30-57-20-9-23-67(57)36(18-21-57)29-76-53(72)60-22-19-32-10-8-11-42-49(32)65(5)54(73)69(42)43-16-17-44(70)62-51(43)71/h1,8,10-12,15,24-26,34-36,43H,9,13-14,16-23,27-31H2,2-6H3,(H,60,72)(H,62,70,71)/t34?,35?,36-,43?,57-/m0/s1. The van der Waals surface area contributed by atoms with Crippen molar-refractivity contribution in [3.05, 3.63) is 81.9 Å². The van der Waals surface area contributed by atoms with Gasteiger partial charge in [0.05, 0.1) is 39.6 Å². The molecule has 5 fully saturated rings. The lowest BCUT2D eigenvalue weighted by atomic mass is 9.95. The number of para-hydroxylation sites is 1. The van der Waals surface area contributed by atoms with Gasteiger partial charge in [-0.05, 0) is 114 Å². The molecule has 5 atom stereocenters. The molecule has 0 spiro atoms. The van der Waals surface area contributed by atoms with Crippen molar-refractivity contribution in [1.82, 2.24) is 44.5 Å². The van der Waals surface area contributed by atoms with E-state index in [9.17, 15) is 24.0 Å². The SMILES string of the molecule is C#Cc1c(F)ccc2cc(OCOC)cc(-c3ncc4c(N5CC6CCC(C5)N6C(=O)OC(C)(C)C)nc(OC[C@@]56CCCN5[C@H](COC(=O)NCCc5cccc7c5n(C)c(=O)n7C5CCC(=O)NC5=O)CC6)nc4c3F)c12.